The lowest BCUT2D eigenvalue weighted by Gasteiger charge is -2.36. The summed E-state index contributed by atoms with van der Waals surface area (Å²) in [7, 11) is 0. The molecule has 0 bridgehead atoms. The van der Waals surface area contributed by atoms with Crippen molar-refractivity contribution in [2.75, 3.05) is 19.6 Å². The lowest BCUT2D eigenvalue weighted by atomic mass is 10.0. The molecule has 1 unspecified atom stereocenters. The van der Waals surface area contributed by atoms with E-state index in [1.54, 1.807) is 0 Å². The minimum absolute atomic E-state index is 0.249. The number of aryl methyl sites for hydroxylation is 1. The molecule has 1 heterocycles. The van der Waals surface area contributed by atoms with Crippen LogP contribution in [0.15, 0.2) is 24.3 Å². The van der Waals surface area contributed by atoms with Gasteiger partial charge in [-0.3, -0.25) is 4.90 Å². The van der Waals surface area contributed by atoms with Gasteiger partial charge in [0, 0.05) is 19.6 Å². The van der Waals surface area contributed by atoms with Gasteiger partial charge >= 0.3 is 0 Å². The number of benzene rings is 1. The summed E-state index contributed by atoms with van der Waals surface area (Å²) in [5.74, 6) is 0. The van der Waals surface area contributed by atoms with E-state index < -0.39 is 6.10 Å². The van der Waals surface area contributed by atoms with Crippen LogP contribution in [0.1, 0.15) is 38.0 Å². The maximum Gasteiger partial charge on any atom is 0.0916 e. The fourth-order valence-electron chi connectivity index (χ4n) is 2.76. The van der Waals surface area contributed by atoms with E-state index in [1.165, 1.54) is 5.56 Å². The number of aliphatic hydroxyl groups excluding tert-OH is 1. The summed E-state index contributed by atoms with van der Waals surface area (Å²) in [4.78, 5) is 2.29. The number of β-amino-alcohol motifs (C(OH)–C–C–N with tert-alkyl or cyclic N) is 1. The third-order valence-corrected chi connectivity index (χ3v) is 3.70. The predicted molar refractivity (Wildman–Crippen MR) is 77.2 cm³/mol. The maximum absolute atomic E-state index is 10.3. The molecule has 1 aromatic carbocycles. The van der Waals surface area contributed by atoms with Crippen LogP contribution < -0.4 is 0 Å². The normalized spacial score (nSPS) is 26.3. The van der Waals surface area contributed by atoms with Crippen LogP contribution in [0.4, 0.5) is 0 Å². The number of hydrogen-bond donors (Lipinski definition) is 1. The fourth-order valence-corrected chi connectivity index (χ4v) is 2.76. The first-order valence-corrected chi connectivity index (χ1v) is 7.23. The molecule has 1 aromatic rings. The molecular weight excluding hydrogens is 238 g/mol. The van der Waals surface area contributed by atoms with Crippen LogP contribution in [-0.4, -0.2) is 41.8 Å². The Balaban J connectivity index is 1.93. The molecule has 0 aromatic heterocycles. The molecule has 0 saturated carbocycles. The molecule has 1 aliphatic rings. The van der Waals surface area contributed by atoms with Crippen molar-refractivity contribution in [3.05, 3.63) is 35.4 Å². The molecule has 106 valence electrons. The first-order chi connectivity index (χ1) is 9.08. The average Bonchev–Trinajstić information content (AvgIpc) is 2.37. The lowest BCUT2D eigenvalue weighted by Crippen LogP contribution is -2.46. The van der Waals surface area contributed by atoms with Crippen molar-refractivity contribution < 1.29 is 9.84 Å². The van der Waals surface area contributed by atoms with Crippen molar-refractivity contribution in [1.29, 1.82) is 0 Å². The zero-order valence-electron chi connectivity index (χ0n) is 12.2. The van der Waals surface area contributed by atoms with E-state index in [4.69, 9.17) is 4.74 Å². The molecule has 0 amide bonds. The van der Waals surface area contributed by atoms with Gasteiger partial charge < -0.3 is 9.84 Å². The highest BCUT2D eigenvalue weighted by atomic mass is 16.5. The Morgan fingerprint density at radius 3 is 2.32 bits per heavy atom. The number of nitrogens with zero attached hydrogens (tertiary/aromatic N) is 1. The molecular formula is C16H25NO2. The average molecular weight is 263 g/mol. The van der Waals surface area contributed by atoms with Crippen LogP contribution in [0.3, 0.4) is 0 Å². The standard InChI is InChI=1S/C16H25NO2/c1-4-14-5-7-15(8-6-14)16(18)11-17-9-12(2)19-13(3)10-17/h5-8,12-13,16,18H,4,9-11H2,1-3H3/t12-,13+,16?. The number of rotatable bonds is 4. The van der Waals surface area contributed by atoms with Gasteiger partial charge in [0.1, 0.15) is 0 Å². The lowest BCUT2D eigenvalue weighted by molar-refractivity contribution is -0.0767. The van der Waals surface area contributed by atoms with Crippen LogP contribution >= 0.6 is 0 Å². The molecule has 3 nitrogen and oxygen atoms in total. The van der Waals surface area contributed by atoms with Gasteiger partial charge in [0.15, 0.2) is 0 Å². The van der Waals surface area contributed by atoms with Crippen LogP contribution in [0, 0.1) is 0 Å². The molecule has 1 N–H and O–H groups in total. The zero-order chi connectivity index (χ0) is 13.8. The maximum atomic E-state index is 10.3. The number of morpholine rings is 1. The largest absolute Gasteiger partial charge is 0.387 e. The topological polar surface area (TPSA) is 32.7 Å². The number of hydrogen-bond acceptors (Lipinski definition) is 3. The van der Waals surface area contributed by atoms with Crippen molar-refractivity contribution in [3.8, 4) is 0 Å². The predicted octanol–water partition coefficient (Wildman–Crippen LogP) is 2.39. The number of ether oxygens (including phenoxy) is 1. The molecule has 0 radical (unpaired) electrons. The third-order valence-electron chi connectivity index (χ3n) is 3.70. The number of aliphatic hydroxyl groups is 1. The van der Waals surface area contributed by atoms with E-state index in [1.807, 2.05) is 12.1 Å². The van der Waals surface area contributed by atoms with Crippen LogP contribution in [-0.2, 0) is 11.2 Å². The van der Waals surface area contributed by atoms with Gasteiger partial charge in [-0.2, -0.15) is 0 Å². The summed E-state index contributed by atoms with van der Waals surface area (Å²) in [6.07, 6.45) is 1.12. The smallest absolute Gasteiger partial charge is 0.0916 e. The summed E-state index contributed by atoms with van der Waals surface area (Å²) in [5, 5.41) is 10.3. The highest BCUT2D eigenvalue weighted by Crippen LogP contribution is 2.18. The van der Waals surface area contributed by atoms with E-state index in [0.717, 1.165) is 25.1 Å². The summed E-state index contributed by atoms with van der Waals surface area (Å²) in [5.41, 5.74) is 2.31. The van der Waals surface area contributed by atoms with Crippen LogP contribution in [0.5, 0.6) is 0 Å². The minimum Gasteiger partial charge on any atom is -0.387 e. The van der Waals surface area contributed by atoms with E-state index in [-0.39, 0.29) is 12.2 Å². The second-order valence-electron chi connectivity index (χ2n) is 5.59. The Morgan fingerprint density at radius 1 is 1.21 bits per heavy atom. The van der Waals surface area contributed by atoms with Crippen molar-refractivity contribution in [2.24, 2.45) is 0 Å². The molecule has 1 fully saturated rings. The summed E-state index contributed by atoms with van der Waals surface area (Å²) in [6.45, 7) is 8.80. The summed E-state index contributed by atoms with van der Waals surface area (Å²) < 4.78 is 5.71. The van der Waals surface area contributed by atoms with Gasteiger partial charge in [0.25, 0.3) is 0 Å². The second-order valence-corrected chi connectivity index (χ2v) is 5.59. The van der Waals surface area contributed by atoms with Crippen molar-refractivity contribution >= 4 is 0 Å². The summed E-state index contributed by atoms with van der Waals surface area (Å²) in [6, 6.07) is 8.28. The van der Waals surface area contributed by atoms with Gasteiger partial charge in [-0.05, 0) is 31.4 Å². The molecule has 1 aliphatic heterocycles. The molecule has 3 heteroatoms. The first-order valence-electron chi connectivity index (χ1n) is 7.23. The minimum atomic E-state index is -0.414. The van der Waals surface area contributed by atoms with Gasteiger partial charge in [-0.1, -0.05) is 31.2 Å². The van der Waals surface area contributed by atoms with Crippen LogP contribution in [0.25, 0.3) is 0 Å². The summed E-state index contributed by atoms with van der Waals surface area (Å²) >= 11 is 0. The molecule has 2 rings (SSSR count). The van der Waals surface area contributed by atoms with Gasteiger partial charge in [-0.25, -0.2) is 0 Å². The van der Waals surface area contributed by atoms with E-state index in [9.17, 15) is 5.11 Å². The molecule has 19 heavy (non-hydrogen) atoms. The van der Waals surface area contributed by atoms with Gasteiger partial charge in [0.2, 0.25) is 0 Å². The van der Waals surface area contributed by atoms with Crippen molar-refractivity contribution in [3.63, 3.8) is 0 Å². The van der Waals surface area contributed by atoms with E-state index in [2.05, 4.69) is 37.8 Å². The molecule has 3 atom stereocenters. The van der Waals surface area contributed by atoms with Gasteiger partial charge in [0.05, 0.1) is 18.3 Å². The third kappa shape index (κ3) is 4.03. The highest BCUT2D eigenvalue weighted by molar-refractivity contribution is 5.24. The first kappa shape index (κ1) is 14.5. The quantitative estimate of drug-likeness (QED) is 0.905. The van der Waals surface area contributed by atoms with Gasteiger partial charge in [-0.15, -0.1) is 0 Å². The SMILES string of the molecule is CCc1ccc(C(O)CN2C[C@@H](C)O[C@@H](C)C2)cc1. The second kappa shape index (κ2) is 6.51. The van der Waals surface area contributed by atoms with Crippen molar-refractivity contribution in [1.82, 2.24) is 4.90 Å². The Hall–Kier alpha value is -0.900. The van der Waals surface area contributed by atoms with E-state index >= 15 is 0 Å². The monoisotopic (exact) mass is 263 g/mol. The Labute approximate surface area is 116 Å². The Kier molecular flexibility index (Phi) is 4.97. The highest BCUT2D eigenvalue weighted by Gasteiger charge is 2.24. The van der Waals surface area contributed by atoms with Crippen LogP contribution in [0.2, 0.25) is 0 Å². The van der Waals surface area contributed by atoms with E-state index in [0.29, 0.717) is 6.54 Å². The fraction of sp³-hybridized carbons (Fsp3) is 0.625. The molecule has 1 saturated heterocycles. The zero-order valence-corrected chi connectivity index (χ0v) is 12.2. The Bertz CT molecular complexity index is 380. The molecule has 0 aliphatic carbocycles. The molecule has 0 spiro atoms. The Morgan fingerprint density at radius 2 is 1.79 bits per heavy atom. The van der Waals surface area contributed by atoms with Crippen molar-refractivity contribution in [2.45, 2.75) is 45.5 Å².